The Kier molecular flexibility index (Phi) is 2.56. The highest BCUT2D eigenvalue weighted by Crippen LogP contribution is 2.22. The van der Waals surface area contributed by atoms with Gasteiger partial charge in [0.25, 0.3) is 0 Å². The van der Waals surface area contributed by atoms with Gasteiger partial charge in [-0.15, -0.1) is 12.4 Å². The van der Waals surface area contributed by atoms with Crippen molar-refractivity contribution in [3.05, 3.63) is 42.5 Å². The predicted molar refractivity (Wildman–Crippen MR) is 54.7 cm³/mol. The second-order valence-electron chi connectivity index (χ2n) is 2.61. The summed E-state index contributed by atoms with van der Waals surface area (Å²) in [6.07, 6.45) is 0. The zero-order chi connectivity index (χ0) is 7.68. The largest absolute Gasteiger partial charge is 0.399 e. The summed E-state index contributed by atoms with van der Waals surface area (Å²) in [6.45, 7) is 0. The normalized spacial score (nSPS) is 9.33. The van der Waals surface area contributed by atoms with Crippen molar-refractivity contribution >= 4 is 18.1 Å². The highest BCUT2D eigenvalue weighted by Gasteiger charge is 1.97. The number of fused-ring (bicyclic) bond motifs is 1. The lowest BCUT2D eigenvalue weighted by molar-refractivity contribution is 1.79. The summed E-state index contributed by atoms with van der Waals surface area (Å²) in [4.78, 5) is 0. The van der Waals surface area contributed by atoms with Crippen LogP contribution < -0.4 is 5.73 Å². The fourth-order valence-corrected chi connectivity index (χ4v) is 1.22. The third-order valence-electron chi connectivity index (χ3n) is 1.77. The average molecular weight is 180 g/mol. The average Bonchev–Trinajstić information content (AvgIpc) is 2.31. The first-order valence-electron chi connectivity index (χ1n) is 3.60. The Hall–Kier alpha value is -1.21. The van der Waals surface area contributed by atoms with Gasteiger partial charge in [-0.1, -0.05) is 30.3 Å². The van der Waals surface area contributed by atoms with Crippen LogP contribution in [0.15, 0.2) is 42.5 Å². The molecule has 0 unspecified atom stereocenters. The lowest BCUT2D eigenvalue weighted by Crippen LogP contribution is -1.78. The number of hydrogen-bond donors (Lipinski definition) is 1. The highest BCUT2D eigenvalue weighted by molar-refractivity contribution is 5.85. The molecule has 0 heterocycles. The van der Waals surface area contributed by atoms with Gasteiger partial charge in [0.2, 0.25) is 0 Å². The van der Waals surface area contributed by atoms with Crippen molar-refractivity contribution < 1.29 is 0 Å². The third kappa shape index (κ3) is 1.51. The van der Waals surface area contributed by atoms with E-state index in [1.807, 2.05) is 24.3 Å². The van der Waals surface area contributed by atoms with Crippen LogP contribution in [0.3, 0.4) is 0 Å². The van der Waals surface area contributed by atoms with Crippen molar-refractivity contribution in [2.45, 2.75) is 0 Å². The van der Waals surface area contributed by atoms with Gasteiger partial charge in [0.15, 0.2) is 0 Å². The Bertz CT molecular complexity index is 346. The molecular formula is C10H10ClN. The van der Waals surface area contributed by atoms with Crippen LogP contribution >= 0.6 is 12.4 Å². The van der Waals surface area contributed by atoms with E-state index in [4.69, 9.17) is 5.73 Å². The molecule has 12 heavy (non-hydrogen) atoms. The number of nitrogen functional groups attached to an aromatic ring is 1. The molecule has 2 aliphatic carbocycles. The van der Waals surface area contributed by atoms with Crippen LogP contribution in [-0.2, 0) is 0 Å². The van der Waals surface area contributed by atoms with Crippen molar-refractivity contribution in [2.24, 2.45) is 0 Å². The minimum absolute atomic E-state index is 0. The number of anilines is 1. The summed E-state index contributed by atoms with van der Waals surface area (Å²) < 4.78 is 0. The van der Waals surface area contributed by atoms with E-state index in [1.54, 1.807) is 0 Å². The SMILES string of the molecule is Cl.Nc1cccc2cccc-2c1. The summed E-state index contributed by atoms with van der Waals surface area (Å²) in [5, 5.41) is 0. The molecule has 0 saturated heterocycles. The van der Waals surface area contributed by atoms with Crippen molar-refractivity contribution in [3.63, 3.8) is 0 Å². The van der Waals surface area contributed by atoms with Crippen molar-refractivity contribution in [2.75, 3.05) is 5.73 Å². The number of halogens is 1. The van der Waals surface area contributed by atoms with Gasteiger partial charge in [0.05, 0.1) is 0 Å². The fourth-order valence-electron chi connectivity index (χ4n) is 1.22. The second-order valence-corrected chi connectivity index (χ2v) is 2.61. The van der Waals surface area contributed by atoms with Crippen LogP contribution in [-0.4, -0.2) is 0 Å². The summed E-state index contributed by atoms with van der Waals surface area (Å²) in [7, 11) is 0. The van der Waals surface area contributed by atoms with E-state index < -0.39 is 0 Å². The van der Waals surface area contributed by atoms with E-state index in [1.165, 1.54) is 11.1 Å². The van der Waals surface area contributed by atoms with E-state index in [-0.39, 0.29) is 12.4 Å². The van der Waals surface area contributed by atoms with Gasteiger partial charge in [-0.25, -0.2) is 0 Å². The van der Waals surface area contributed by atoms with Gasteiger partial charge in [-0.05, 0) is 23.3 Å². The Balaban J connectivity index is 0.000000720. The molecule has 0 aromatic heterocycles. The molecular weight excluding hydrogens is 170 g/mol. The zero-order valence-electron chi connectivity index (χ0n) is 6.53. The van der Waals surface area contributed by atoms with Gasteiger partial charge in [-0.2, -0.15) is 0 Å². The molecule has 0 amide bonds. The van der Waals surface area contributed by atoms with Crippen LogP contribution in [0.5, 0.6) is 0 Å². The first-order valence-corrected chi connectivity index (χ1v) is 3.60. The molecule has 2 rings (SSSR count). The molecule has 0 aromatic rings. The molecule has 0 saturated carbocycles. The number of rotatable bonds is 0. The van der Waals surface area contributed by atoms with E-state index in [0.717, 1.165) is 5.69 Å². The molecule has 0 fully saturated rings. The maximum absolute atomic E-state index is 5.66. The maximum Gasteiger partial charge on any atom is 0.0320 e. The second kappa shape index (κ2) is 3.46. The molecule has 0 spiro atoms. The molecule has 0 radical (unpaired) electrons. The lowest BCUT2D eigenvalue weighted by atomic mass is 10.2. The van der Waals surface area contributed by atoms with Crippen molar-refractivity contribution in [1.82, 2.24) is 0 Å². The first-order chi connectivity index (χ1) is 5.36. The molecule has 62 valence electrons. The zero-order valence-corrected chi connectivity index (χ0v) is 7.34. The Morgan fingerprint density at radius 2 is 1.42 bits per heavy atom. The molecule has 0 aromatic carbocycles. The summed E-state index contributed by atoms with van der Waals surface area (Å²) in [6, 6.07) is 14.1. The van der Waals surface area contributed by atoms with Crippen LogP contribution in [0, 0.1) is 0 Å². The summed E-state index contributed by atoms with van der Waals surface area (Å²) >= 11 is 0. The monoisotopic (exact) mass is 179 g/mol. The Morgan fingerprint density at radius 3 is 2.17 bits per heavy atom. The summed E-state index contributed by atoms with van der Waals surface area (Å²) in [5.41, 5.74) is 8.91. The van der Waals surface area contributed by atoms with E-state index in [9.17, 15) is 0 Å². The third-order valence-corrected chi connectivity index (χ3v) is 1.77. The molecule has 2 heteroatoms. The summed E-state index contributed by atoms with van der Waals surface area (Å²) in [5.74, 6) is 0. The first kappa shape index (κ1) is 8.88. The molecule has 1 nitrogen and oxygen atoms in total. The minimum atomic E-state index is 0. The standard InChI is InChI=1S/C10H9N.ClH/c11-10-6-2-4-8-3-1-5-9(8)7-10;/h1-7H,11H2;1H. The van der Waals surface area contributed by atoms with Gasteiger partial charge < -0.3 is 5.73 Å². The highest BCUT2D eigenvalue weighted by atomic mass is 35.5. The molecule has 0 atom stereocenters. The smallest absolute Gasteiger partial charge is 0.0320 e. The molecule has 0 aliphatic heterocycles. The molecule has 0 bridgehead atoms. The van der Waals surface area contributed by atoms with E-state index >= 15 is 0 Å². The van der Waals surface area contributed by atoms with Crippen LogP contribution in [0.4, 0.5) is 5.69 Å². The topological polar surface area (TPSA) is 26.0 Å². The predicted octanol–water partition coefficient (Wildman–Crippen LogP) is 2.80. The lowest BCUT2D eigenvalue weighted by Gasteiger charge is -1.88. The Morgan fingerprint density at radius 1 is 0.833 bits per heavy atom. The number of nitrogens with two attached hydrogens (primary N) is 1. The molecule has 2 aliphatic rings. The minimum Gasteiger partial charge on any atom is -0.399 e. The fraction of sp³-hybridized carbons (Fsp3) is 0. The van der Waals surface area contributed by atoms with Crippen molar-refractivity contribution in [1.29, 1.82) is 0 Å². The van der Waals surface area contributed by atoms with Crippen molar-refractivity contribution in [3.8, 4) is 11.1 Å². The Labute approximate surface area is 78.0 Å². The molecule has 2 N–H and O–H groups in total. The van der Waals surface area contributed by atoms with Gasteiger partial charge in [-0.3, -0.25) is 0 Å². The van der Waals surface area contributed by atoms with Crippen LogP contribution in [0.2, 0.25) is 0 Å². The van der Waals surface area contributed by atoms with Crippen LogP contribution in [0.25, 0.3) is 11.1 Å². The maximum atomic E-state index is 5.66. The van der Waals surface area contributed by atoms with Gasteiger partial charge in [0, 0.05) is 5.69 Å². The van der Waals surface area contributed by atoms with E-state index in [0.29, 0.717) is 0 Å². The van der Waals surface area contributed by atoms with E-state index in [2.05, 4.69) is 18.2 Å². The van der Waals surface area contributed by atoms with Crippen LogP contribution in [0.1, 0.15) is 0 Å². The van der Waals surface area contributed by atoms with Gasteiger partial charge in [0.1, 0.15) is 0 Å². The number of hydrogen-bond acceptors (Lipinski definition) is 1. The quantitative estimate of drug-likeness (QED) is 0.661. The van der Waals surface area contributed by atoms with Gasteiger partial charge >= 0.3 is 0 Å².